The summed E-state index contributed by atoms with van der Waals surface area (Å²) in [6.45, 7) is 4.45. The van der Waals surface area contributed by atoms with Crippen molar-refractivity contribution in [1.82, 2.24) is 4.72 Å². The van der Waals surface area contributed by atoms with Gasteiger partial charge in [0.2, 0.25) is 0 Å². The van der Waals surface area contributed by atoms with Crippen LogP contribution >= 0.6 is 0 Å². The van der Waals surface area contributed by atoms with Crippen molar-refractivity contribution in [2.45, 2.75) is 50.8 Å². The Morgan fingerprint density at radius 3 is 2.04 bits per heavy atom. The van der Waals surface area contributed by atoms with Gasteiger partial charge in [-0.05, 0) is 39.5 Å². The minimum Gasteiger partial charge on any atom is -0.469 e. The van der Waals surface area contributed by atoms with E-state index in [0.717, 1.165) is 7.11 Å². The number of carbonyl (C=O) groups excluding carboxylic acids is 2. The van der Waals surface area contributed by atoms with Crippen molar-refractivity contribution in [3.63, 3.8) is 0 Å². The highest BCUT2D eigenvalue weighted by molar-refractivity contribution is 7.90. The molecule has 0 unspecified atom stereocenters. The molecule has 0 aromatic carbocycles. The summed E-state index contributed by atoms with van der Waals surface area (Å²) in [6.07, 6.45) is 0.467. The summed E-state index contributed by atoms with van der Waals surface area (Å²) in [7, 11) is -4.68. The molecule has 0 aliphatic heterocycles. The van der Waals surface area contributed by atoms with Gasteiger partial charge in [-0.3, -0.25) is 9.59 Å². The summed E-state index contributed by atoms with van der Waals surface area (Å²) in [5.41, 5.74) is -6.62. The third-order valence-electron chi connectivity index (χ3n) is 3.51. The van der Waals surface area contributed by atoms with Crippen molar-refractivity contribution in [1.29, 1.82) is 0 Å². The van der Waals surface area contributed by atoms with Crippen LogP contribution in [0.15, 0.2) is 0 Å². The number of sulfonamides is 1. The molecule has 140 valence electrons. The van der Waals surface area contributed by atoms with Crippen molar-refractivity contribution < 1.29 is 40.7 Å². The molecule has 0 spiro atoms. The zero-order valence-electron chi connectivity index (χ0n) is 13.6. The predicted octanol–water partition coefficient (Wildman–Crippen LogP) is 1.34. The molecule has 1 rings (SSSR count). The van der Waals surface area contributed by atoms with Crippen LogP contribution < -0.4 is 4.72 Å². The van der Waals surface area contributed by atoms with Crippen LogP contribution in [0, 0.1) is 11.8 Å². The molecule has 3 atom stereocenters. The van der Waals surface area contributed by atoms with E-state index >= 15 is 0 Å². The Labute approximate surface area is 137 Å². The maximum absolute atomic E-state index is 12.6. The quantitative estimate of drug-likeness (QED) is 0.728. The molecule has 1 aliphatic carbocycles. The van der Waals surface area contributed by atoms with Crippen LogP contribution in [0.4, 0.5) is 13.2 Å². The van der Waals surface area contributed by atoms with Gasteiger partial charge in [0.15, 0.2) is 0 Å². The van der Waals surface area contributed by atoms with Crippen LogP contribution in [-0.4, -0.2) is 44.6 Å². The average molecular weight is 375 g/mol. The molecule has 1 fully saturated rings. The lowest BCUT2D eigenvalue weighted by Crippen LogP contribution is -2.56. The van der Waals surface area contributed by atoms with E-state index in [0.29, 0.717) is 0 Å². The molecule has 0 saturated heterocycles. The molecule has 0 aromatic heterocycles. The third-order valence-corrected chi connectivity index (χ3v) is 4.68. The molecule has 24 heavy (non-hydrogen) atoms. The van der Waals surface area contributed by atoms with E-state index < -0.39 is 50.9 Å². The van der Waals surface area contributed by atoms with Gasteiger partial charge in [0, 0.05) is 0 Å². The normalized spacial score (nSPS) is 23.1. The lowest BCUT2D eigenvalue weighted by molar-refractivity contribution is -0.163. The number of rotatable bonds is 5. The fourth-order valence-electron chi connectivity index (χ4n) is 2.28. The largest absolute Gasteiger partial charge is 0.511 e. The Kier molecular flexibility index (Phi) is 5.92. The molecule has 0 bridgehead atoms. The molecular weight excluding hydrogens is 355 g/mol. The maximum Gasteiger partial charge on any atom is 0.511 e. The maximum atomic E-state index is 12.6. The Bertz CT molecular complexity index is 596. The van der Waals surface area contributed by atoms with Crippen molar-refractivity contribution in [2.24, 2.45) is 11.8 Å². The van der Waals surface area contributed by atoms with Crippen molar-refractivity contribution >= 4 is 22.0 Å². The second-order valence-corrected chi connectivity index (χ2v) is 8.15. The highest BCUT2D eigenvalue weighted by atomic mass is 32.2. The Morgan fingerprint density at radius 1 is 1.17 bits per heavy atom. The first-order valence-corrected chi connectivity index (χ1v) is 8.57. The number of carbonyl (C=O) groups is 2. The minimum absolute atomic E-state index is 0.185. The summed E-state index contributed by atoms with van der Waals surface area (Å²) in [5.74, 6) is -3.73. The summed E-state index contributed by atoms with van der Waals surface area (Å²) in [5, 5.41) is 0. The van der Waals surface area contributed by atoms with Gasteiger partial charge in [-0.15, -0.1) is 0 Å². The van der Waals surface area contributed by atoms with E-state index in [9.17, 15) is 31.2 Å². The highest BCUT2D eigenvalue weighted by Crippen LogP contribution is 2.39. The average Bonchev–Trinajstić information content (AvgIpc) is 2.32. The molecular formula is C13H20F3NO6S. The molecule has 11 heteroatoms. The van der Waals surface area contributed by atoms with E-state index in [1.54, 1.807) is 0 Å². The number of esters is 2. The number of hydrogen-bond donors (Lipinski definition) is 1. The number of halogens is 3. The van der Waals surface area contributed by atoms with E-state index in [4.69, 9.17) is 4.74 Å². The van der Waals surface area contributed by atoms with Gasteiger partial charge in [0.05, 0.1) is 13.0 Å². The Balaban J connectivity index is 3.09. The molecule has 1 aliphatic rings. The summed E-state index contributed by atoms with van der Waals surface area (Å²) in [6, 6.07) is -1.83. The summed E-state index contributed by atoms with van der Waals surface area (Å²) in [4.78, 5) is 23.8. The van der Waals surface area contributed by atoms with Crippen LogP contribution in [0.1, 0.15) is 33.6 Å². The first-order chi connectivity index (χ1) is 10.7. The second kappa shape index (κ2) is 6.87. The number of nitrogens with one attached hydrogen (secondary N) is 1. The topological polar surface area (TPSA) is 98.8 Å². The number of ether oxygens (including phenoxy) is 2. The number of alkyl halides is 3. The molecule has 0 heterocycles. The van der Waals surface area contributed by atoms with Crippen molar-refractivity contribution in [3.05, 3.63) is 0 Å². The molecule has 1 saturated carbocycles. The molecule has 7 nitrogen and oxygen atoms in total. The summed E-state index contributed by atoms with van der Waals surface area (Å²) >= 11 is 0. The molecule has 0 aromatic rings. The van der Waals surface area contributed by atoms with Gasteiger partial charge < -0.3 is 9.47 Å². The molecule has 0 amide bonds. The fraction of sp³-hybridized carbons (Fsp3) is 0.846. The minimum atomic E-state index is -5.78. The summed E-state index contributed by atoms with van der Waals surface area (Å²) < 4.78 is 71.4. The highest BCUT2D eigenvalue weighted by Gasteiger charge is 2.53. The first kappa shape index (κ1) is 20.7. The second-order valence-electron chi connectivity index (χ2n) is 6.45. The lowest BCUT2D eigenvalue weighted by Gasteiger charge is -2.39. The Morgan fingerprint density at radius 2 is 1.71 bits per heavy atom. The van der Waals surface area contributed by atoms with E-state index in [1.807, 2.05) is 0 Å². The van der Waals surface area contributed by atoms with Gasteiger partial charge in [0.25, 0.3) is 0 Å². The van der Waals surface area contributed by atoms with Crippen LogP contribution in [0.25, 0.3) is 0 Å². The van der Waals surface area contributed by atoms with E-state index in [1.165, 1.54) is 25.5 Å². The van der Waals surface area contributed by atoms with Crippen molar-refractivity contribution in [2.75, 3.05) is 7.11 Å². The predicted molar refractivity (Wildman–Crippen MR) is 76.0 cm³/mol. The van der Waals surface area contributed by atoms with E-state index in [2.05, 4.69) is 4.74 Å². The first-order valence-electron chi connectivity index (χ1n) is 7.09. The number of hydrogen-bond acceptors (Lipinski definition) is 6. The van der Waals surface area contributed by atoms with Crippen LogP contribution in [-0.2, 0) is 29.1 Å². The third kappa shape index (κ3) is 4.82. The number of methoxy groups -OCH3 is 1. The van der Waals surface area contributed by atoms with Gasteiger partial charge in [-0.1, -0.05) is 0 Å². The fourth-order valence-corrected chi connectivity index (χ4v) is 3.02. The van der Waals surface area contributed by atoms with Gasteiger partial charge in [-0.25, -0.2) is 8.42 Å². The van der Waals surface area contributed by atoms with Gasteiger partial charge in [0.1, 0.15) is 11.6 Å². The van der Waals surface area contributed by atoms with Crippen LogP contribution in [0.3, 0.4) is 0 Å². The van der Waals surface area contributed by atoms with Gasteiger partial charge in [-0.2, -0.15) is 17.9 Å². The standard InChI is InChI=1S/C13H20F3NO6S/c1-12(2,3)23-11(19)9(17-24(20,21)13(14,15)16)7-5-6-8(7)10(18)22-4/h7-9,17H,5-6H2,1-4H3/t7-,8-,9-/m1/s1. The zero-order valence-corrected chi connectivity index (χ0v) is 14.5. The van der Waals surface area contributed by atoms with Gasteiger partial charge >= 0.3 is 27.5 Å². The van der Waals surface area contributed by atoms with Crippen LogP contribution in [0.2, 0.25) is 0 Å². The SMILES string of the molecule is COC(=O)[C@@H]1CC[C@H]1[C@@H](NS(=O)(=O)C(F)(F)F)C(=O)OC(C)(C)C. The zero-order chi connectivity index (χ0) is 18.9. The molecule has 1 N–H and O–H groups in total. The monoisotopic (exact) mass is 375 g/mol. The Hall–Kier alpha value is -1.36. The smallest absolute Gasteiger partial charge is 0.469 e. The van der Waals surface area contributed by atoms with Crippen LogP contribution in [0.5, 0.6) is 0 Å². The van der Waals surface area contributed by atoms with Crippen molar-refractivity contribution in [3.8, 4) is 0 Å². The van der Waals surface area contributed by atoms with E-state index in [-0.39, 0.29) is 12.8 Å². The molecule has 0 radical (unpaired) electrons. The lowest BCUT2D eigenvalue weighted by atomic mass is 9.70.